The third kappa shape index (κ3) is 3.75. The van der Waals surface area contributed by atoms with E-state index in [0.29, 0.717) is 5.75 Å². The van der Waals surface area contributed by atoms with Crippen LogP contribution in [0.25, 0.3) is 16.5 Å². The van der Waals surface area contributed by atoms with Gasteiger partial charge in [0.15, 0.2) is 0 Å². The molecule has 27 heavy (non-hydrogen) atoms. The fourth-order valence-electron chi connectivity index (χ4n) is 3.24. The highest BCUT2D eigenvalue weighted by molar-refractivity contribution is 6.05. The zero-order valence-corrected chi connectivity index (χ0v) is 16.7. The summed E-state index contributed by atoms with van der Waals surface area (Å²) < 4.78 is 11.3. The first-order chi connectivity index (χ1) is 12.8. The molecule has 4 heteroatoms. The first kappa shape index (κ1) is 18.8. The van der Waals surface area contributed by atoms with Gasteiger partial charge in [0, 0.05) is 28.8 Å². The van der Waals surface area contributed by atoms with E-state index in [9.17, 15) is 4.79 Å². The Hall–Kier alpha value is -3.01. The molecule has 1 heterocycles. The average Bonchev–Trinajstić information content (AvgIpc) is 2.89. The summed E-state index contributed by atoms with van der Waals surface area (Å²) in [5, 5.41) is 3.99. The number of carbonyl (C=O) groups is 1. The molecule has 0 spiro atoms. The Morgan fingerprint density at radius 3 is 2.52 bits per heavy atom. The SMILES string of the molecule is COc1cc2oc(C)c(C)c2cc1/C(C)=C/C(=O)Nc1ccc(C)cc1C. The topological polar surface area (TPSA) is 51.5 Å². The summed E-state index contributed by atoms with van der Waals surface area (Å²) in [5.41, 5.74) is 6.62. The maximum absolute atomic E-state index is 12.5. The Labute approximate surface area is 159 Å². The summed E-state index contributed by atoms with van der Waals surface area (Å²) >= 11 is 0. The molecule has 0 aliphatic heterocycles. The minimum absolute atomic E-state index is 0.165. The predicted octanol–water partition coefficient (Wildman–Crippen LogP) is 5.72. The van der Waals surface area contributed by atoms with Crippen LogP contribution in [0.3, 0.4) is 0 Å². The van der Waals surface area contributed by atoms with E-state index in [1.165, 1.54) is 5.56 Å². The third-order valence-corrected chi connectivity index (χ3v) is 4.91. The lowest BCUT2D eigenvalue weighted by Crippen LogP contribution is -2.10. The van der Waals surface area contributed by atoms with Crippen LogP contribution in [0.2, 0.25) is 0 Å². The standard InChI is InChI=1S/C23H25NO3/c1-13-7-8-20(15(3)9-13)24-23(25)10-14(2)18-11-19-16(4)17(5)27-22(19)12-21(18)26-6/h7-12H,1-6H3,(H,24,25)/b14-10+. The number of benzene rings is 2. The Morgan fingerprint density at radius 1 is 1.11 bits per heavy atom. The summed E-state index contributed by atoms with van der Waals surface area (Å²) in [6, 6.07) is 9.86. The zero-order valence-electron chi connectivity index (χ0n) is 16.7. The molecule has 0 unspecified atom stereocenters. The van der Waals surface area contributed by atoms with Gasteiger partial charge in [-0.15, -0.1) is 0 Å². The average molecular weight is 363 g/mol. The second-order valence-electron chi connectivity index (χ2n) is 6.97. The van der Waals surface area contributed by atoms with E-state index in [1.807, 2.05) is 65.0 Å². The summed E-state index contributed by atoms with van der Waals surface area (Å²) in [5.74, 6) is 1.41. The van der Waals surface area contributed by atoms with Gasteiger partial charge >= 0.3 is 0 Å². The molecule has 0 aliphatic carbocycles. The van der Waals surface area contributed by atoms with Gasteiger partial charge in [0.1, 0.15) is 17.1 Å². The van der Waals surface area contributed by atoms with Crippen molar-refractivity contribution in [2.45, 2.75) is 34.6 Å². The molecule has 4 nitrogen and oxygen atoms in total. The smallest absolute Gasteiger partial charge is 0.248 e. The van der Waals surface area contributed by atoms with E-state index in [-0.39, 0.29) is 5.91 Å². The fraction of sp³-hybridized carbons (Fsp3) is 0.261. The van der Waals surface area contributed by atoms with Gasteiger partial charge in [-0.3, -0.25) is 4.79 Å². The monoisotopic (exact) mass is 363 g/mol. The highest BCUT2D eigenvalue weighted by atomic mass is 16.5. The van der Waals surface area contributed by atoms with Crippen LogP contribution in [0, 0.1) is 27.7 Å². The fourth-order valence-corrected chi connectivity index (χ4v) is 3.24. The number of hydrogen-bond acceptors (Lipinski definition) is 3. The van der Waals surface area contributed by atoms with Gasteiger partial charge in [0.25, 0.3) is 0 Å². The minimum Gasteiger partial charge on any atom is -0.496 e. The van der Waals surface area contributed by atoms with Crippen LogP contribution in [0.1, 0.15) is 34.9 Å². The lowest BCUT2D eigenvalue weighted by molar-refractivity contribution is -0.111. The molecule has 0 saturated carbocycles. The number of amides is 1. The Bertz CT molecular complexity index is 1060. The maximum Gasteiger partial charge on any atom is 0.248 e. The van der Waals surface area contributed by atoms with Crippen molar-refractivity contribution >= 4 is 28.1 Å². The lowest BCUT2D eigenvalue weighted by Gasteiger charge is -2.11. The normalized spacial score (nSPS) is 11.7. The van der Waals surface area contributed by atoms with Crippen LogP contribution in [0.4, 0.5) is 5.69 Å². The van der Waals surface area contributed by atoms with Crippen molar-refractivity contribution in [1.82, 2.24) is 0 Å². The maximum atomic E-state index is 12.5. The van der Waals surface area contributed by atoms with Gasteiger partial charge in [-0.2, -0.15) is 0 Å². The second kappa shape index (κ2) is 7.31. The number of anilines is 1. The quantitative estimate of drug-likeness (QED) is 0.603. The number of methoxy groups -OCH3 is 1. The summed E-state index contributed by atoms with van der Waals surface area (Å²) in [6.45, 7) is 9.91. The van der Waals surface area contributed by atoms with Gasteiger partial charge in [0.2, 0.25) is 5.91 Å². The van der Waals surface area contributed by atoms with Gasteiger partial charge in [-0.05, 0) is 63.5 Å². The lowest BCUT2D eigenvalue weighted by atomic mass is 10.0. The Balaban J connectivity index is 1.94. The molecule has 0 aliphatic rings. The van der Waals surface area contributed by atoms with Crippen LogP contribution in [-0.2, 0) is 4.79 Å². The molecule has 0 fully saturated rings. The first-order valence-corrected chi connectivity index (χ1v) is 8.94. The minimum atomic E-state index is -0.165. The molecule has 1 N–H and O–H groups in total. The number of ether oxygens (including phenoxy) is 1. The van der Waals surface area contributed by atoms with Crippen LogP contribution < -0.4 is 10.1 Å². The molecule has 0 saturated heterocycles. The van der Waals surface area contributed by atoms with Gasteiger partial charge in [-0.1, -0.05) is 17.7 Å². The number of nitrogens with one attached hydrogen (secondary N) is 1. The molecule has 3 rings (SSSR count). The van der Waals surface area contributed by atoms with E-state index in [0.717, 1.165) is 44.7 Å². The molecular weight excluding hydrogens is 338 g/mol. The largest absolute Gasteiger partial charge is 0.496 e. The van der Waals surface area contributed by atoms with Crippen molar-refractivity contribution < 1.29 is 13.9 Å². The van der Waals surface area contributed by atoms with Crippen molar-refractivity contribution in [1.29, 1.82) is 0 Å². The zero-order chi connectivity index (χ0) is 19.7. The van der Waals surface area contributed by atoms with Gasteiger partial charge in [-0.25, -0.2) is 0 Å². The van der Waals surface area contributed by atoms with E-state index in [4.69, 9.17) is 9.15 Å². The van der Waals surface area contributed by atoms with Crippen molar-refractivity contribution in [3.05, 3.63) is 64.4 Å². The molecule has 1 amide bonds. The number of carbonyl (C=O) groups excluding carboxylic acids is 1. The van der Waals surface area contributed by atoms with E-state index < -0.39 is 0 Å². The Morgan fingerprint density at radius 2 is 1.85 bits per heavy atom. The number of hydrogen-bond donors (Lipinski definition) is 1. The summed E-state index contributed by atoms with van der Waals surface area (Å²) in [7, 11) is 1.62. The highest BCUT2D eigenvalue weighted by Crippen LogP contribution is 2.34. The second-order valence-corrected chi connectivity index (χ2v) is 6.97. The number of aryl methyl sites for hydroxylation is 4. The number of furan rings is 1. The van der Waals surface area contributed by atoms with E-state index >= 15 is 0 Å². The molecule has 0 bridgehead atoms. The first-order valence-electron chi connectivity index (χ1n) is 8.94. The van der Waals surface area contributed by atoms with Crippen LogP contribution in [0.5, 0.6) is 5.75 Å². The highest BCUT2D eigenvalue weighted by Gasteiger charge is 2.14. The molecule has 3 aromatic rings. The number of fused-ring (bicyclic) bond motifs is 1. The third-order valence-electron chi connectivity index (χ3n) is 4.91. The predicted molar refractivity (Wildman–Crippen MR) is 110 cm³/mol. The van der Waals surface area contributed by atoms with Crippen molar-refractivity contribution in [3.8, 4) is 5.75 Å². The number of allylic oxidation sites excluding steroid dienone is 1. The van der Waals surface area contributed by atoms with Crippen LogP contribution >= 0.6 is 0 Å². The molecule has 1 aromatic heterocycles. The van der Waals surface area contributed by atoms with Crippen molar-refractivity contribution in [2.75, 3.05) is 12.4 Å². The van der Waals surface area contributed by atoms with Crippen molar-refractivity contribution in [3.63, 3.8) is 0 Å². The summed E-state index contributed by atoms with van der Waals surface area (Å²) in [4.78, 5) is 12.5. The molecule has 140 valence electrons. The number of rotatable bonds is 4. The van der Waals surface area contributed by atoms with Crippen molar-refractivity contribution in [2.24, 2.45) is 0 Å². The molecule has 0 radical (unpaired) electrons. The molecule has 2 aromatic carbocycles. The van der Waals surface area contributed by atoms with E-state index in [1.54, 1.807) is 13.2 Å². The molecule has 0 atom stereocenters. The summed E-state index contributed by atoms with van der Waals surface area (Å²) in [6.07, 6.45) is 1.60. The van der Waals surface area contributed by atoms with Crippen LogP contribution in [-0.4, -0.2) is 13.0 Å². The van der Waals surface area contributed by atoms with E-state index in [2.05, 4.69) is 5.32 Å². The van der Waals surface area contributed by atoms with Gasteiger partial charge < -0.3 is 14.5 Å². The van der Waals surface area contributed by atoms with Gasteiger partial charge in [0.05, 0.1) is 7.11 Å². The molecular formula is C23H25NO3. The Kier molecular flexibility index (Phi) is 5.08. The van der Waals surface area contributed by atoms with Crippen LogP contribution in [0.15, 0.2) is 40.8 Å².